The number of aliphatic hydroxyl groups excluding tert-OH is 1. The van der Waals surface area contributed by atoms with E-state index in [4.69, 9.17) is 0 Å². The lowest BCUT2D eigenvalue weighted by Gasteiger charge is -2.32. The summed E-state index contributed by atoms with van der Waals surface area (Å²) < 4.78 is 0. The topological polar surface area (TPSA) is 35.5 Å². The van der Waals surface area contributed by atoms with Gasteiger partial charge in [-0.25, -0.2) is 0 Å². The summed E-state index contributed by atoms with van der Waals surface area (Å²) in [5.74, 6) is 1.48. The van der Waals surface area contributed by atoms with E-state index >= 15 is 0 Å². The highest BCUT2D eigenvalue weighted by Crippen LogP contribution is 2.28. The summed E-state index contributed by atoms with van der Waals surface area (Å²) >= 11 is 0. The minimum absolute atomic E-state index is 0.312. The minimum atomic E-state index is 0.312. The summed E-state index contributed by atoms with van der Waals surface area (Å²) in [6.07, 6.45) is 10.7. The fourth-order valence-corrected chi connectivity index (χ4v) is 4.96. The van der Waals surface area contributed by atoms with Gasteiger partial charge in [-0.05, 0) is 48.8 Å². The molecule has 152 valence electrons. The third-order valence-electron chi connectivity index (χ3n) is 6.75. The lowest BCUT2D eigenvalue weighted by Crippen LogP contribution is -2.44. The van der Waals surface area contributed by atoms with Crippen LogP contribution in [0.3, 0.4) is 0 Å². The second-order valence-corrected chi connectivity index (χ2v) is 9.19. The Morgan fingerprint density at radius 1 is 1.04 bits per heavy atom. The predicted octanol–water partition coefficient (Wildman–Crippen LogP) is 4.70. The minimum Gasteiger partial charge on any atom is -0.395 e. The first-order valence-electron chi connectivity index (χ1n) is 11.3. The second-order valence-electron chi connectivity index (χ2n) is 9.19. The van der Waals surface area contributed by atoms with Crippen molar-refractivity contribution in [2.24, 2.45) is 5.92 Å². The van der Waals surface area contributed by atoms with Gasteiger partial charge in [0.05, 0.1) is 6.61 Å². The van der Waals surface area contributed by atoms with Crippen molar-refractivity contribution in [3.05, 3.63) is 35.4 Å². The molecule has 1 saturated heterocycles. The third kappa shape index (κ3) is 6.30. The van der Waals surface area contributed by atoms with Crippen LogP contribution in [0.2, 0.25) is 0 Å². The van der Waals surface area contributed by atoms with Gasteiger partial charge < -0.3 is 10.4 Å². The highest BCUT2D eigenvalue weighted by molar-refractivity contribution is 5.24. The van der Waals surface area contributed by atoms with Crippen molar-refractivity contribution < 1.29 is 5.11 Å². The first-order chi connectivity index (χ1) is 13.2. The molecule has 0 aromatic heterocycles. The van der Waals surface area contributed by atoms with Gasteiger partial charge in [0.2, 0.25) is 0 Å². The average Bonchev–Trinajstić information content (AvgIpc) is 3.14. The number of nitrogens with zero attached hydrogens (tertiary/aromatic N) is 1. The van der Waals surface area contributed by atoms with Crippen molar-refractivity contribution in [1.29, 1.82) is 0 Å². The molecule has 2 atom stereocenters. The number of hydrogen-bond acceptors (Lipinski definition) is 3. The summed E-state index contributed by atoms with van der Waals surface area (Å²) in [6, 6.07) is 10.0. The van der Waals surface area contributed by atoms with Crippen LogP contribution in [0.15, 0.2) is 24.3 Å². The highest BCUT2D eigenvalue weighted by atomic mass is 16.3. The molecular formula is C24H40N2O. The van der Waals surface area contributed by atoms with Gasteiger partial charge in [0.25, 0.3) is 0 Å². The summed E-state index contributed by atoms with van der Waals surface area (Å²) in [7, 11) is 0. The zero-order valence-electron chi connectivity index (χ0n) is 17.5. The number of aliphatic hydroxyl groups is 1. The number of likely N-dealkylation sites (tertiary alicyclic amines) is 1. The molecule has 27 heavy (non-hydrogen) atoms. The molecule has 0 spiro atoms. The van der Waals surface area contributed by atoms with Crippen LogP contribution in [0.1, 0.15) is 82.3 Å². The van der Waals surface area contributed by atoms with Crippen LogP contribution in [-0.4, -0.2) is 41.8 Å². The van der Waals surface area contributed by atoms with Crippen LogP contribution in [0.4, 0.5) is 0 Å². The summed E-state index contributed by atoms with van der Waals surface area (Å²) in [5.41, 5.74) is 2.80. The lowest BCUT2D eigenvalue weighted by molar-refractivity contribution is 0.140. The maximum atomic E-state index is 9.69. The molecule has 1 saturated carbocycles. The first-order valence-corrected chi connectivity index (χ1v) is 11.3. The third-order valence-corrected chi connectivity index (χ3v) is 6.75. The standard InChI is InChI=1S/C24H40N2O/c1-19(2)22-12-10-21(11-13-22)16-25-23(15-20-7-4-3-5-8-20)17-26-14-6-9-24(26)18-27/h10-13,19-20,23-25,27H,3-9,14-18H2,1-2H3. The SMILES string of the molecule is CC(C)c1ccc(CNC(CC2CCCCC2)CN2CCCC2CO)cc1. The fourth-order valence-electron chi connectivity index (χ4n) is 4.96. The van der Waals surface area contributed by atoms with Crippen molar-refractivity contribution in [1.82, 2.24) is 10.2 Å². The Morgan fingerprint density at radius 3 is 2.44 bits per heavy atom. The zero-order valence-corrected chi connectivity index (χ0v) is 17.5. The van der Waals surface area contributed by atoms with E-state index in [-0.39, 0.29) is 0 Å². The van der Waals surface area contributed by atoms with Crippen molar-refractivity contribution in [3.8, 4) is 0 Å². The molecule has 0 bridgehead atoms. The molecule has 0 amide bonds. The molecular weight excluding hydrogens is 332 g/mol. The number of rotatable bonds is 9. The Balaban J connectivity index is 1.57. The Kier molecular flexibility index (Phi) is 8.17. The van der Waals surface area contributed by atoms with E-state index in [2.05, 4.69) is 48.3 Å². The van der Waals surface area contributed by atoms with Crippen LogP contribution in [0.25, 0.3) is 0 Å². The molecule has 0 radical (unpaired) electrons. The molecule has 1 aliphatic heterocycles. The first kappa shape index (κ1) is 20.8. The monoisotopic (exact) mass is 372 g/mol. The van der Waals surface area contributed by atoms with Crippen LogP contribution in [-0.2, 0) is 6.54 Å². The lowest BCUT2D eigenvalue weighted by atomic mass is 9.84. The Morgan fingerprint density at radius 2 is 1.78 bits per heavy atom. The van der Waals surface area contributed by atoms with Crippen molar-refractivity contribution in [2.75, 3.05) is 19.7 Å². The molecule has 2 fully saturated rings. The molecule has 2 aliphatic rings. The maximum Gasteiger partial charge on any atom is 0.0586 e. The number of benzene rings is 1. The van der Waals surface area contributed by atoms with Crippen LogP contribution >= 0.6 is 0 Å². The Hall–Kier alpha value is -0.900. The predicted molar refractivity (Wildman–Crippen MR) is 114 cm³/mol. The van der Waals surface area contributed by atoms with Gasteiger partial charge in [0, 0.05) is 25.2 Å². The second kappa shape index (κ2) is 10.6. The summed E-state index contributed by atoms with van der Waals surface area (Å²) in [6.45, 7) is 8.01. The van der Waals surface area contributed by atoms with Gasteiger partial charge in [0.15, 0.2) is 0 Å². The molecule has 3 rings (SSSR count). The van der Waals surface area contributed by atoms with E-state index in [1.54, 1.807) is 0 Å². The van der Waals surface area contributed by atoms with E-state index < -0.39 is 0 Å². The van der Waals surface area contributed by atoms with Crippen molar-refractivity contribution in [2.45, 2.75) is 89.8 Å². The maximum absolute atomic E-state index is 9.69. The molecule has 3 heteroatoms. The molecule has 1 heterocycles. The molecule has 1 aliphatic carbocycles. The summed E-state index contributed by atoms with van der Waals surface area (Å²) in [5, 5.41) is 13.6. The van der Waals surface area contributed by atoms with Gasteiger partial charge in [-0.1, -0.05) is 70.2 Å². The number of nitrogens with one attached hydrogen (secondary N) is 1. The zero-order chi connectivity index (χ0) is 19.1. The van der Waals surface area contributed by atoms with Gasteiger partial charge >= 0.3 is 0 Å². The van der Waals surface area contributed by atoms with Crippen LogP contribution in [0, 0.1) is 5.92 Å². The van der Waals surface area contributed by atoms with Crippen molar-refractivity contribution >= 4 is 0 Å². The Labute approximate surface area is 166 Å². The van der Waals surface area contributed by atoms with E-state index in [0.29, 0.717) is 24.6 Å². The van der Waals surface area contributed by atoms with Crippen LogP contribution < -0.4 is 5.32 Å². The molecule has 1 aromatic carbocycles. The van der Waals surface area contributed by atoms with E-state index in [9.17, 15) is 5.11 Å². The number of hydrogen-bond donors (Lipinski definition) is 2. The summed E-state index contributed by atoms with van der Waals surface area (Å²) in [4.78, 5) is 2.53. The van der Waals surface area contributed by atoms with Crippen LogP contribution in [0.5, 0.6) is 0 Å². The molecule has 3 nitrogen and oxygen atoms in total. The normalized spacial score (nSPS) is 23.2. The molecule has 2 unspecified atom stereocenters. The van der Waals surface area contributed by atoms with Gasteiger partial charge in [0.1, 0.15) is 0 Å². The quantitative estimate of drug-likeness (QED) is 0.660. The van der Waals surface area contributed by atoms with E-state index in [1.807, 2.05) is 0 Å². The largest absolute Gasteiger partial charge is 0.395 e. The van der Waals surface area contributed by atoms with Gasteiger partial charge in [-0.15, -0.1) is 0 Å². The van der Waals surface area contributed by atoms with Crippen molar-refractivity contribution in [3.63, 3.8) is 0 Å². The molecule has 2 N–H and O–H groups in total. The van der Waals surface area contributed by atoms with Gasteiger partial charge in [-0.2, -0.15) is 0 Å². The smallest absolute Gasteiger partial charge is 0.0586 e. The van der Waals surface area contributed by atoms with E-state index in [1.165, 1.54) is 56.1 Å². The highest BCUT2D eigenvalue weighted by Gasteiger charge is 2.27. The Bertz CT molecular complexity index is 536. The fraction of sp³-hybridized carbons (Fsp3) is 0.750. The van der Waals surface area contributed by atoms with Gasteiger partial charge in [-0.3, -0.25) is 4.90 Å². The average molecular weight is 373 g/mol. The molecule has 1 aromatic rings. The van der Waals surface area contributed by atoms with E-state index in [0.717, 1.165) is 32.0 Å².